The van der Waals surface area contributed by atoms with E-state index < -0.39 is 6.10 Å². The number of benzene rings is 1. The molecule has 2 aromatic rings. The maximum absolute atomic E-state index is 11.8. The molecule has 1 unspecified atom stereocenters. The predicted molar refractivity (Wildman–Crippen MR) is 62.4 cm³/mol. The summed E-state index contributed by atoms with van der Waals surface area (Å²) in [7, 11) is 0. The molecule has 80 valence electrons. The quantitative estimate of drug-likeness (QED) is 0.862. The van der Waals surface area contributed by atoms with Crippen LogP contribution in [0.3, 0.4) is 0 Å². The molecular formula is C11H13NO2S. The number of rotatable bonds is 3. The molecule has 0 aliphatic carbocycles. The van der Waals surface area contributed by atoms with E-state index in [-0.39, 0.29) is 5.56 Å². The fourth-order valence-electron chi connectivity index (χ4n) is 1.46. The molecule has 1 heterocycles. The molecule has 1 atom stereocenters. The molecule has 0 aliphatic rings. The lowest BCUT2D eigenvalue weighted by molar-refractivity contribution is 0.152. The van der Waals surface area contributed by atoms with Crippen LogP contribution in [-0.4, -0.2) is 15.2 Å². The zero-order valence-corrected chi connectivity index (χ0v) is 9.33. The summed E-state index contributed by atoms with van der Waals surface area (Å²) >= 11 is 1.41. The standard InChI is InChI=1S/C11H13NO2S/c1-2-8(13)7-12-11(14)9-5-3-4-6-10(9)15-12/h3-6,8,13H,2,7H2,1H3. The molecule has 3 nitrogen and oxygen atoms in total. The summed E-state index contributed by atoms with van der Waals surface area (Å²) in [5, 5.41) is 10.2. The molecule has 4 heteroatoms. The normalized spacial score (nSPS) is 13.2. The molecule has 0 radical (unpaired) electrons. The van der Waals surface area contributed by atoms with Crippen molar-refractivity contribution in [3.8, 4) is 0 Å². The fraction of sp³-hybridized carbons (Fsp3) is 0.364. The van der Waals surface area contributed by atoms with Gasteiger partial charge in [0.1, 0.15) is 0 Å². The third kappa shape index (κ3) is 1.96. The van der Waals surface area contributed by atoms with Crippen LogP contribution in [0.4, 0.5) is 0 Å². The number of aliphatic hydroxyl groups is 1. The van der Waals surface area contributed by atoms with Crippen molar-refractivity contribution >= 4 is 21.6 Å². The van der Waals surface area contributed by atoms with Crippen molar-refractivity contribution in [1.29, 1.82) is 0 Å². The minimum atomic E-state index is -0.434. The number of hydrogen-bond acceptors (Lipinski definition) is 3. The lowest BCUT2D eigenvalue weighted by atomic mass is 10.2. The van der Waals surface area contributed by atoms with Crippen LogP contribution in [-0.2, 0) is 6.54 Å². The van der Waals surface area contributed by atoms with Gasteiger partial charge < -0.3 is 5.11 Å². The largest absolute Gasteiger partial charge is 0.391 e. The van der Waals surface area contributed by atoms with Crippen LogP contribution in [0.2, 0.25) is 0 Å². The maximum atomic E-state index is 11.8. The topological polar surface area (TPSA) is 42.2 Å². The average molecular weight is 223 g/mol. The molecule has 0 bridgehead atoms. The summed E-state index contributed by atoms with van der Waals surface area (Å²) < 4.78 is 2.60. The van der Waals surface area contributed by atoms with E-state index in [1.165, 1.54) is 11.5 Å². The van der Waals surface area contributed by atoms with Gasteiger partial charge in [-0.3, -0.25) is 8.75 Å². The van der Waals surface area contributed by atoms with Crippen molar-refractivity contribution in [2.75, 3.05) is 0 Å². The predicted octanol–water partition coefficient (Wildman–Crippen LogP) is 1.83. The first kappa shape index (κ1) is 10.4. The Morgan fingerprint density at radius 2 is 2.20 bits per heavy atom. The Morgan fingerprint density at radius 3 is 2.87 bits per heavy atom. The number of hydrogen-bond donors (Lipinski definition) is 1. The molecule has 0 fully saturated rings. The van der Waals surface area contributed by atoms with Crippen molar-refractivity contribution < 1.29 is 5.11 Å². The minimum absolute atomic E-state index is 0.00287. The molecule has 2 rings (SSSR count). The second-order valence-corrected chi connectivity index (χ2v) is 4.58. The first-order chi connectivity index (χ1) is 7.22. The SMILES string of the molecule is CCC(O)Cn1sc2ccccc2c1=O. The van der Waals surface area contributed by atoms with Crippen LogP contribution >= 0.6 is 11.5 Å². The van der Waals surface area contributed by atoms with Crippen molar-refractivity contribution in [3.05, 3.63) is 34.6 Å². The molecule has 0 aliphatic heterocycles. The lowest BCUT2D eigenvalue weighted by Crippen LogP contribution is -2.21. The number of nitrogens with zero attached hydrogens (tertiary/aromatic N) is 1. The number of fused-ring (bicyclic) bond motifs is 1. The summed E-state index contributed by atoms with van der Waals surface area (Å²) in [5.74, 6) is 0. The summed E-state index contributed by atoms with van der Waals surface area (Å²) in [6.45, 7) is 2.30. The zero-order valence-electron chi connectivity index (χ0n) is 8.51. The van der Waals surface area contributed by atoms with E-state index in [4.69, 9.17) is 0 Å². The van der Waals surface area contributed by atoms with E-state index in [0.29, 0.717) is 13.0 Å². The Hall–Kier alpha value is -1.13. The smallest absolute Gasteiger partial charge is 0.268 e. The van der Waals surface area contributed by atoms with Crippen LogP contribution in [0.5, 0.6) is 0 Å². The van der Waals surface area contributed by atoms with Gasteiger partial charge in [-0.2, -0.15) is 0 Å². The van der Waals surface area contributed by atoms with Gasteiger partial charge in [0.25, 0.3) is 5.56 Å². The lowest BCUT2D eigenvalue weighted by Gasteiger charge is -2.05. The van der Waals surface area contributed by atoms with Crippen LogP contribution in [0.25, 0.3) is 10.1 Å². The fourth-order valence-corrected chi connectivity index (χ4v) is 2.52. The molecule has 0 amide bonds. The van der Waals surface area contributed by atoms with Gasteiger partial charge in [-0.15, -0.1) is 0 Å². The van der Waals surface area contributed by atoms with Gasteiger partial charge in [-0.05, 0) is 18.6 Å². The van der Waals surface area contributed by atoms with E-state index in [0.717, 1.165) is 10.1 Å². The Kier molecular flexibility index (Phi) is 2.88. The van der Waals surface area contributed by atoms with Gasteiger partial charge in [-0.1, -0.05) is 30.6 Å². The van der Waals surface area contributed by atoms with Gasteiger partial charge in [0.15, 0.2) is 0 Å². The van der Waals surface area contributed by atoms with Gasteiger partial charge in [0.2, 0.25) is 0 Å². The van der Waals surface area contributed by atoms with E-state index in [1.54, 1.807) is 3.96 Å². The van der Waals surface area contributed by atoms with Crippen LogP contribution in [0, 0.1) is 0 Å². The second-order valence-electron chi connectivity index (χ2n) is 3.52. The molecule has 1 aromatic heterocycles. The number of aromatic nitrogens is 1. The molecule has 0 saturated carbocycles. The van der Waals surface area contributed by atoms with Crippen LogP contribution in [0.1, 0.15) is 13.3 Å². The van der Waals surface area contributed by atoms with Crippen LogP contribution in [0.15, 0.2) is 29.1 Å². The highest BCUT2D eigenvalue weighted by Crippen LogP contribution is 2.16. The Balaban J connectivity index is 2.45. The summed E-state index contributed by atoms with van der Waals surface area (Å²) in [4.78, 5) is 11.8. The zero-order chi connectivity index (χ0) is 10.8. The van der Waals surface area contributed by atoms with Crippen molar-refractivity contribution in [1.82, 2.24) is 3.96 Å². The summed E-state index contributed by atoms with van der Waals surface area (Å²) in [6.07, 6.45) is 0.233. The molecular weight excluding hydrogens is 210 g/mol. The van der Waals surface area contributed by atoms with E-state index in [1.807, 2.05) is 31.2 Å². The first-order valence-electron chi connectivity index (χ1n) is 4.99. The highest BCUT2D eigenvalue weighted by atomic mass is 32.1. The monoisotopic (exact) mass is 223 g/mol. The number of aliphatic hydroxyl groups excluding tert-OH is 1. The third-order valence-corrected chi connectivity index (χ3v) is 3.49. The van der Waals surface area contributed by atoms with Crippen molar-refractivity contribution in [2.45, 2.75) is 26.0 Å². The highest BCUT2D eigenvalue weighted by molar-refractivity contribution is 7.13. The average Bonchev–Trinajstić information content (AvgIpc) is 2.57. The van der Waals surface area contributed by atoms with Gasteiger partial charge >= 0.3 is 0 Å². The minimum Gasteiger partial charge on any atom is -0.391 e. The molecule has 1 N–H and O–H groups in total. The summed E-state index contributed by atoms with van der Waals surface area (Å²) in [6, 6.07) is 7.52. The van der Waals surface area contributed by atoms with Gasteiger partial charge in [0.05, 0.1) is 22.7 Å². The second kappa shape index (κ2) is 4.16. The third-order valence-electron chi connectivity index (χ3n) is 2.40. The van der Waals surface area contributed by atoms with Gasteiger partial charge in [-0.25, -0.2) is 0 Å². The maximum Gasteiger partial charge on any atom is 0.268 e. The van der Waals surface area contributed by atoms with Crippen LogP contribution < -0.4 is 5.56 Å². The molecule has 15 heavy (non-hydrogen) atoms. The first-order valence-corrected chi connectivity index (χ1v) is 5.76. The van der Waals surface area contributed by atoms with Gasteiger partial charge in [0, 0.05) is 0 Å². The molecule has 0 spiro atoms. The highest BCUT2D eigenvalue weighted by Gasteiger charge is 2.09. The Bertz CT molecular complexity index is 515. The Labute approximate surface area is 91.7 Å². The van der Waals surface area contributed by atoms with E-state index >= 15 is 0 Å². The molecule has 0 saturated heterocycles. The van der Waals surface area contributed by atoms with Crippen molar-refractivity contribution in [3.63, 3.8) is 0 Å². The van der Waals surface area contributed by atoms with Crippen molar-refractivity contribution in [2.24, 2.45) is 0 Å². The Morgan fingerprint density at radius 1 is 1.47 bits per heavy atom. The van der Waals surface area contributed by atoms with E-state index in [9.17, 15) is 9.90 Å². The summed E-state index contributed by atoms with van der Waals surface area (Å²) in [5.41, 5.74) is 0.00287. The molecule has 1 aromatic carbocycles. The van der Waals surface area contributed by atoms with E-state index in [2.05, 4.69) is 0 Å².